The van der Waals surface area contributed by atoms with E-state index in [4.69, 9.17) is 21.4 Å². The standard InChI is InChI=1S/C13H12ClF3O3/c1-5-6(2)10-7(4-9(5)14)3-8(12(18)19)11(20-10)13(15,16)17/h3-5,9,11H,1-2H3,(H,18,19). The van der Waals surface area contributed by atoms with Crippen molar-refractivity contribution in [3.63, 3.8) is 0 Å². The minimum atomic E-state index is -4.79. The highest BCUT2D eigenvalue weighted by atomic mass is 35.5. The summed E-state index contributed by atoms with van der Waals surface area (Å²) >= 11 is 6.07. The molecule has 3 atom stereocenters. The zero-order valence-corrected chi connectivity index (χ0v) is 11.4. The minimum Gasteiger partial charge on any atom is -0.478 e. The fraction of sp³-hybridized carbons (Fsp3) is 0.462. The molecule has 0 amide bonds. The lowest BCUT2D eigenvalue weighted by Gasteiger charge is -2.34. The smallest absolute Gasteiger partial charge is 0.430 e. The highest BCUT2D eigenvalue weighted by Gasteiger charge is 2.49. The van der Waals surface area contributed by atoms with Crippen LogP contribution in [0.5, 0.6) is 0 Å². The molecule has 0 aromatic rings. The van der Waals surface area contributed by atoms with Crippen LogP contribution in [-0.2, 0) is 9.53 Å². The first-order chi connectivity index (χ1) is 9.12. The number of halogens is 4. The average Bonchev–Trinajstić information content (AvgIpc) is 2.33. The Morgan fingerprint density at radius 2 is 2.05 bits per heavy atom. The first-order valence-corrected chi connectivity index (χ1v) is 6.32. The zero-order chi connectivity index (χ0) is 15.2. The highest BCUT2D eigenvalue weighted by molar-refractivity contribution is 6.22. The first kappa shape index (κ1) is 15.0. The molecule has 3 unspecified atom stereocenters. The summed E-state index contributed by atoms with van der Waals surface area (Å²) in [5, 5.41) is 8.51. The summed E-state index contributed by atoms with van der Waals surface area (Å²) in [5.74, 6) is -1.76. The molecule has 1 N–H and O–H groups in total. The van der Waals surface area contributed by atoms with E-state index in [-0.39, 0.29) is 11.7 Å². The second-order valence-corrected chi connectivity index (χ2v) is 5.32. The molecule has 0 radical (unpaired) electrons. The summed E-state index contributed by atoms with van der Waals surface area (Å²) in [6.07, 6.45) is -4.74. The Morgan fingerprint density at radius 1 is 1.45 bits per heavy atom. The predicted octanol–water partition coefficient (Wildman–Crippen LogP) is 3.42. The summed E-state index contributed by atoms with van der Waals surface area (Å²) in [4.78, 5) is 11.0. The Kier molecular flexibility index (Phi) is 3.62. The molecule has 1 aliphatic carbocycles. The predicted molar refractivity (Wildman–Crippen MR) is 66.2 cm³/mol. The third-order valence-corrected chi connectivity index (χ3v) is 4.00. The number of carboxylic acid groups (broad SMARTS) is 1. The van der Waals surface area contributed by atoms with Crippen molar-refractivity contribution in [3.05, 3.63) is 34.6 Å². The maximum atomic E-state index is 12.9. The monoisotopic (exact) mass is 308 g/mol. The topological polar surface area (TPSA) is 46.5 Å². The fourth-order valence-corrected chi connectivity index (χ4v) is 2.51. The van der Waals surface area contributed by atoms with Gasteiger partial charge in [-0.05, 0) is 18.6 Å². The summed E-state index contributed by atoms with van der Waals surface area (Å²) in [7, 11) is 0. The number of rotatable bonds is 1. The maximum Gasteiger partial charge on any atom is 0.430 e. The van der Waals surface area contributed by atoms with E-state index in [0.717, 1.165) is 6.08 Å². The first-order valence-electron chi connectivity index (χ1n) is 5.88. The van der Waals surface area contributed by atoms with E-state index in [0.29, 0.717) is 11.1 Å². The Hall–Kier alpha value is -1.43. The quantitative estimate of drug-likeness (QED) is 0.755. The SMILES string of the molecule is CC1=C2OC(C(F)(F)F)C(C(=O)O)=CC2=CC(Cl)C1C. The molecule has 0 fully saturated rings. The van der Waals surface area contributed by atoms with Crippen molar-refractivity contribution < 1.29 is 27.8 Å². The van der Waals surface area contributed by atoms with Crippen molar-refractivity contribution in [3.8, 4) is 0 Å². The van der Waals surface area contributed by atoms with Gasteiger partial charge in [-0.3, -0.25) is 0 Å². The second-order valence-electron chi connectivity index (χ2n) is 4.81. The summed E-state index contributed by atoms with van der Waals surface area (Å²) < 4.78 is 43.7. The molecule has 0 bridgehead atoms. The highest BCUT2D eigenvalue weighted by Crippen LogP contribution is 2.42. The van der Waals surface area contributed by atoms with Crippen LogP contribution >= 0.6 is 11.6 Å². The lowest BCUT2D eigenvalue weighted by atomic mass is 9.86. The van der Waals surface area contributed by atoms with Gasteiger partial charge in [0.25, 0.3) is 0 Å². The second kappa shape index (κ2) is 4.84. The summed E-state index contributed by atoms with van der Waals surface area (Å²) in [6, 6.07) is 0. The number of ether oxygens (including phenoxy) is 1. The van der Waals surface area contributed by atoms with Crippen molar-refractivity contribution in [2.75, 3.05) is 0 Å². The van der Waals surface area contributed by atoms with Crippen LogP contribution in [0.15, 0.2) is 34.6 Å². The molecule has 0 saturated carbocycles. The van der Waals surface area contributed by atoms with E-state index in [9.17, 15) is 18.0 Å². The molecule has 0 saturated heterocycles. The number of carboxylic acids is 1. The molecule has 2 aliphatic rings. The third kappa shape index (κ3) is 2.44. The summed E-state index contributed by atoms with van der Waals surface area (Å²) in [6.45, 7) is 3.41. The molecular weight excluding hydrogens is 297 g/mol. The number of hydrogen-bond donors (Lipinski definition) is 1. The van der Waals surface area contributed by atoms with Gasteiger partial charge in [-0.2, -0.15) is 13.2 Å². The molecule has 0 aromatic heterocycles. The molecule has 2 rings (SSSR count). The molecule has 1 heterocycles. The number of alkyl halides is 4. The van der Waals surface area contributed by atoms with Gasteiger partial charge in [0.15, 0.2) is 0 Å². The van der Waals surface area contributed by atoms with Crippen LogP contribution in [0.25, 0.3) is 0 Å². The Bertz CT molecular complexity index is 546. The van der Waals surface area contributed by atoms with Crippen LogP contribution in [0, 0.1) is 5.92 Å². The Labute approximate surface area is 118 Å². The maximum absolute atomic E-state index is 12.9. The molecule has 3 nitrogen and oxygen atoms in total. The molecular formula is C13H12ClF3O3. The number of hydrogen-bond acceptors (Lipinski definition) is 2. The van der Waals surface area contributed by atoms with Crippen LogP contribution in [-0.4, -0.2) is 28.7 Å². The molecule has 20 heavy (non-hydrogen) atoms. The minimum absolute atomic E-state index is 0.0710. The van der Waals surface area contributed by atoms with Gasteiger partial charge in [-0.15, -0.1) is 11.6 Å². The van der Waals surface area contributed by atoms with Crippen molar-refractivity contribution in [1.29, 1.82) is 0 Å². The van der Waals surface area contributed by atoms with Gasteiger partial charge in [0.1, 0.15) is 5.76 Å². The lowest BCUT2D eigenvalue weighted by Crippen LogP contribution is -2.39. The van der Waals surface area contributed by atoms with Gasteiger partial charge in [0.05, 0.1) is 11.0 Å². The molecule has 0 spiro atoms. The largest absolute Gasteiger partial charge is 0.478 e. The number of carbonyl (C=O) groups is 1. The van der Waals surface area contributed by atoms with Gasteiger partial charge in [0.2, 0.25) is 6.10 Å². The lowest BCUT2D eigenvalue weighted by molar-refractivity contribution is -0.200. The van der Waals surface area contributed by atoms with Crippen LogP contribution in [0.2, 0.25) is 0 Å². The normalized spacial score (nSPS) is 30.2. The van der Waals surface area contributed by atoms with Crippen molar-refractivity contribution in [2.45, 2.75) is 31.5 Å². The van der Waals surface area contributed by atoms with Crippen molar-refractivity contribution in [1.82, 2.24) is 0 Å². The van der Waals surface area contributed by atoms with Gasteiger partial charge in [-0.25, -0.2) is 4.79 Å². The summed E-state index contributed by atoms with van der Waals surface area (Å²) in [5.41, 5.74) is 0.0367. The van der Waals surface area contributed by atoms with Gasteiger partial charge < -0.3 is 9.84 Å². The van der Waals surface area contributed by atoms with E-state index < -0.39 is 29.2 Å². The number of allylic oxidation sites excluding steroid dienone is 3. The van der Waals surface area contributed by atoms with E-state index in [1.165, 1.54) is 6.08 Å². The molecule has 7 heteroatoms. The Balaban J connectivity index is 2.56. The fourth-order valence-electron chi connectivity index (χ4n) is 2.18. The van der Waals surface area contributed by atoms with E-state index in [1.54, 1.807) is 13.8 Å². The van der Waals surface area contributed by atoms with Crippen LogP contribution < -0.4 is 0 Å². The van der Waals surface area contributed by atoms with E-state index >= 15 is 0 Å². The molecule has 110 valence electrons. The van der Waals surface area contributed by atoms with Gasteiger partial charge in [-0.1, -0.05) is 13.0 Å². The van der Waals surface area contributed by atoms with Gasteiger partial charge >= 0.3 is 12.1 Å². The van der Waals surface area contributed by atoms with Crippen molar-refractivity contribution in [2.24, 2.45) is 5.92 Å². The molecule has 1 aliphatic heterocycles. The zero-order valence-electron chi connectivity index (χ0n) is 10.7. The van der Waals surface area contributed by atoms with Crippen LogP contribution in [0.4, 0.5) is 13.2 Å². The van der Waals surface area contributed by atoms with Crippen molar-refractivity contribution >= 4 is 17.6 Å². The number of fused-ring (bicyclic) bond motifs is 1. The number of aliphatic carboxylic acids is 1. The molecule has 0 aromatic carbocycles. The van der Waals surface area contributed by atoms with E-state index in [1.807, 2.05) is 0 Å². The Morgan fingerprint density at radius 3 is 2.55 bits per heavy atom. The van der Waals surface area contributed by atoms with E-state index in [2.05, 4.69) is 0 Å². The average molecular weight is 309 g/mol. The van der Waals surface area contributed by atoms with Crippen LogP contribution in [0.3, 0.4) is 0 Å². The van der Waals surface area contributed by atoms with Crippen LogP contribution in [0.1, 0.15) is 13.8 Å². The third-order valence-electron chi connectivity index (χ3n) is 3.49. The van der Waals surface area contributed by atoms with Gasteiger partial charge in [0, 0.05) is 11.5 Å².